The first-order valence-corrected chi connectivity index (χ1v) is 11.8. The van der Waals surface area contributed by atoms with E-state index in [0.717, 1.165) is 57.5 Å². The lowest BCUT2D eigenvalue weighted by atomic mass is 9.96. The molecular weight excluding hydrogens is 462 g/mol. The molecule has 0 unspecified atom stereocenters. The third-order valence-corrected chi connectivity index (χ3v) is 8.01. The average molecular weight is 483 g/mol. The SMILES string of the molecule is CCSC1=Nc2c(Cl)c(Br)c3c(c2CN1Cc1noc2c1CCCC2)COC3. The van der Waals surface area contributed by atoms with Gasteiger partial charge in [-0.3, -0.25) is 0 Å². The van der Waals surface area contributed by atoms with Crippen molar-refractivity contribution in [2.24, 2.45) is 4.99 Å². The molecule has 1 aromatic heterocycles. The van der Waals surface area contributed by atoms with Crippen LogP contribution in [0.3, 0.4) is 0 Å². The fraction of sp³-hybridized carbons (Fsp3) is 0.500. The van der Waals surface area contributed by atoms with Gasteiger partial charge in [-0.2, -0.15) is 0 Å². The number of fused-ring (bicyclic) bond motifs is 4. The number of halogens is 2. The summed E-state index contributed by atoms with van der Waals surface area (Å²) in [7, 11) is 0. The Hall–Kier alpha value is -1.02. The Kier molecular flexibility index (Phi) is 5.20. The number of aromatic nitrogens is 1. The molecule has 0 saturated carbocycles. The van der Waals surface area contributed by atoms with E-state index in [1.165, 1.54) is 29.5 Å². The van der Waals surface area contributed by atoms with Gasteiger partial charge in [-0.05, 0) is 52.1 Å². The zero-order chi connectivity index (χ0) is 19.3. The van der Waals surface area contributed by atoms with Gasteiger partial charge in [0.05, 0.1) is 30.5 Å². The van der Waals surface area contributed by atoms with Crippen molar-refractivity contribution >= 4 is 50.1 Å². The molecule has 8 heteroatoms. The van der Waals surface area contributed by atoms with Gasteiger partial charge in [-0.25, -0.2) is 4.99 Å². The van der Waals surface area contributed by atoms with E-state index in [4.69, 9.17) is 25.9 Å². The van der Waals surface area contributed by atoms with E-state index >= 15 is 0 Å². The summed E-state index contributed by atoms with van der Waals surface area (Å²) in [6, 6.07) is 0. The number of thioether (sulfide) groups is 1. The van der Waals surface area contributed by atoms with Crippen LogP contribution in [0.4, 0.5) is 5.69 Å². The minimum Gasteiger partial charge on any atom is -0.372 e. The molecule has 5 rings (SSSR count). The molecule has 3 heterocycles. The highest BCUT2D eigenvalue weighted by molar-refractivity contribution is 9.10. The summed E-state index contributed by atoms with van der Waals surface area (Å²) in [4.78, 5) is 7.29. The molecule has 2 aliphatic heterocycles. The highest BCUT2D eigenvalue weighted by Crippen LogP contribution is 2.46. The molecule has 0 saturated heterocycles. The Bertz CT molecular complexity index is 975. The normalized spacial score (nSPS) is 18.0. The molecule has 0 spiro atoms. The highest BCUT2D eigenvalue weighted by Gasteiger charge is 2.31. The number of aliphatic imine (C=N–C) groups is 1. The maximum absolute atomic E-state index is 6.68. The molecule has 28 heavy (non-hydrogen) atoms. The Morgan fingerprint density at radius 2 is 1.96 bits per heavy atom. The third kappa shape index (κ3) is 3.11. The minimum atomic E-state index is 0.597. The van der Waals surface area contributed by atoms with Crippen molar-refractivity contribution in [1.29, 1.82) is 0 Å². The number of benzene rings is 1. The van der Waals surface area contributed by atoms with Gasteiger partial charge in [0.25, 0.3) is 0 Å². The Morgan fingerprint density at radius 3 is 2.82 bits per heavy atom. The molecule has 0 atom stereocenters. The van der Waals surface area contributed by atoms with Gasteiger partial charge < -0.3 is 14.2 Å². The van der Waals surface area contributed by atoms with Crippen molar-refractivity contribution in [1.82, 2.24) is 10.1 Å². The third-order valence-electron chi connectivity index (χ3n) is 5.65. The molecule has 0 amide bonds. The zero-order valence-electron chi connectivity index (χ0n) is 15.7. The van der Waals surface area contributed by atoms with Crippen molar-refractivity contribution in [3.05, 3.63) is 43.2 Å². The maximum atomic E-state index is 6.68. The van der Waals surface area contributed by atoms with Crippen molar-refractivity contribution in [2.75, 3.05) is 5.75 Å². The Morgan fingerprint density at radius 1 is 1.14 bits per heavy atom. The van der Waals surface area contributed by atoms with E-state index in [1.807, 2.05) is 0 Å². The van der Waals surface area contributed by atoms with Crippen LogP contribution < -0.4 is 0 Å². The predicted molar refractivity (Wildman–Crippen MR) is 115 cm³/mol. The van der Waals surface area contributed by atoms with E-state index in [9.17, 15) is 0 Å². The van der Waals surface area contributed by atoms with Gasteiger partial charge >= 0.3 is 0 Å². The van der Waals surface area contributed by atoms with Gasteiger partial charge in [0, 0.05) is 28.6 Å². The summed E-state index contributed by atoms with van der Waals surface area (Å²) in [5, 5.41) is 6.09. The van der Waals surface area contributed by atoms with Gasteiger partial charge in [0.2, 0.25) is 0 Å². The smallest absolute Gasteiger partial charge is 0.165 e. The second-order valence-corrected chi connectivity index (χ2v) is 9.73. The van der Waals surface area contributed by atoms with Crippen molar-refractivity contribution in [3.63, 3.8) is 0 Å². The van der Waals surface area contributed by atoms with Gasteiger partial charge in [0.15, 0.2) is 5.17 Å². The van der Waals surface area contributed by atoms with E-state index < -0.39 is 0 Å². The van der Waals surface area contributed by atoms with Gasteiger partial charge in [0.1, 0.15) is 11.5 Å². The van der Waals surface area contributed by atoms with E-state index in [1.54, 1.807) is 11.8 Å². The number of hydrogen-bond donors (Lipinski definition) is 0. The molecule has 5 nitrogen and oxygen atoms in total. The molecule has 0 radical (unpaired) electrons. The van der Waals surface area contributed by atoms with E-state index in [0.29, 0.717) is 24.8 Å². The van der Waals surface area contributed by atoms with Crippen LogP contribution in [0.2, 0.25) is 5.02 Å². The fourth-order valence-corrected chi connectivity index (χ4v) is 5.79. The molecule has 0 bridgehead atoms. The minimum absolute atomic E-state index is 0.597. The molecule has 1 aliphatic carbocycles. The second kappa shape index (κ2) is 7.67. The van der Waals surface area contributed by atoms with Crippen LogP contribution in [0.1, 0.15) is 53.5 Å². The standard InChI is InChI=1S/C20H21BrClN3O2S/c1-2-28-20-23-19-12(13-9-26-10-14(13)17(21)18(19)22)7-25(20)8-15-11-5-3-4-6-16(11)27-24-15/h2-10H2,1H3. The van der Waals surface area contributed by atoms with Crippen LogP contribution >= 0.6 is 39.3 Å². The Balaban J connectivity index is 1.54. The lowest BCUT2D eigenvalue weighted by molar-refractivity contribution is 0.133. The van der Waals surface area contributed by atoms with Crippen LogP contribution in [-0.2, 0) is 43.9 Å². The number of hydrogen-bond acceptors (Lipinski definition) is 6. The van der Waals surface area contributed by atoms with Crippen molar-refractivity contribution in [2.45, 2.75) is 58.9 Å². The Labute approximate surface area is 182 Å². The van der Waals surface area contributed by atoms with E-state index in [2.05, 4.69) is 32.9 Å². The van der Waals surface area contributed by atoms with Crippen LogP contribution in [0.25, 0.3) is 0 Å². The summed E-state index contributed by atoms with van der Waals surface area (Å²) in [5.41, 5.74) is 6.80. The summed E-state index contributed by atoms with van der Waals surface area (Å²) in [5.74, 6) is 2.02. The van der Waals surface area contributed by atoms with Crippen molar-refractivity contribution in [3.8, 4) is 0 Å². The monoisotopic (exact) mass is 481 g/mol. The number of rotatable bonds is 3. The summed E-state index contributed by atoms with van der Waals surface area (Å²) < 4.78 is 12.3. The second-order valence-electron chi connectivity index (χ2n) is 7.33. The highest BCUT2D eigenvalue weighted by atomic mass is 79.9. The lowest BCUT2D eigenvalue weighted by Crippen LogP contribution is -2.31. The van der Waals surface area contributed by atoms with Crippen LogP contribution in [0.5, 0.6) is 0 Å². The van der Waals surface area contributed by atoms with Gasteiger partial charge in [-0.1, -0.05) is 35.4 Å². The predicted octanol–water partition coefficient (Wildman–Crippen LogP) is 5.76. The molecule has 0 fully saturated rings. The number of nitrogens with zero attached hydrogens (tertiary/aromatic N) is 3. The topological polar surface area (TPSA) is 50.9 Å². The summed E-state index contributed by atoms with van der Waals surface area (Å²) in [6.07, 6.45) is 4.47. The zero-order valence-corrected chi connectivity index (χ0v) is 18.8. The number of aryl methyl sites for hydroxylation is 1. The quantitative estimate of drug-likeness (QED) is 0.557. The first-order chi connectivity index (χ1) is 13.7. The number of ether oxygens (including phenoxy) is 1. The molecular formula is C20H21BrClN3O2S. The average Bonchev–Trinajstić information content (AvgIpc) is 3.35. The first-order valence-electron chi connectivity index (χ1n) is 9.69. The first kappa shape index (κ1) is 19.0. The van der Waals surface area contributed by atoms with E-state index in [-0.39, 0.29) is 0 Å². The fourth-order valence-electron chi connectivity index (χ4n) is 4.25. The largest absolute Gasteiger partial charge is 0.372 e. The van der Waals surface area contributed by atoms with Crippen LogP contribution in [0.15, 0.2) is 14.0 Å². The molecule has 2 aromatic rings. The molecule has 148 valence electrons. The molecule has 3 aliphatic rings. The van der Waals surface area contributed by atoms with Gasteiger partial charge in [-0.15, -0.1) is 0 Å². The van der Waals surface area contributed by atoms with Crippen LogP contribution in [-0.4, -0.2) is 21.0 Å². The maximum Gasteiger partial charge on any atom is 0.165 e. The molecule has 1 aromatic carbocycles. The van der Waals surface area contributed by atoms with Crippen LogP contribution in [0, 0.1) is 0 Å². The lowest BCUT2D eigenvalue weighted by Gasteiger charge is -2.31. The van der Waals surface area contributed by atoms with Crippen molar-refractivity contribution < 1.29 is 9.26 Å². The number of amidine groups is 1. The summed E-state index contributed by atoms with van der Waals surface area (Å²) >= 11 is 12.1. The summed E-state index contributed by atoms with van der Waals surface area (Å²) in [6.45, 7) is 4.84. The molecule has 0 N–H and O–H groups in total.